The van der Waals surface area contributed by atoms with Crippen LogP contribution < -0.4 is 9.47 Å². The average molecular weight is 461 g/mol. The highest BCUT2D eigenvalue weighted by atomic mass is 16.5. The fraction of sp³-hybridized carbons (Fsp3) is 0.444. The molecule has 2 atom stereocenters. The first kappa shape index (κ1) is 22.6. The summed E-state index contributed by atoms with van der Waals surface area (Å²) in [4.78, 5) is 20.2. The van der Waals surface area contributed by atoms with Crippen LogP contribution in [0.1, 0.15) is 36.8 Å². The Labute approximate surface area is 201 Å². The minimum atomic E-state index is -0.0565. The van der Waals surface area contributed by atoms with E-state index in [1.54, 1.807) is 20.4 Å². The highest BCUT2D eigenvalue weighted by molar-refractivity contribution is 6.07. The molecule has 1 fully saturated rings. The lowest BCUT2D eigenvalue weighted by Gasteiger charge is -2.42. The third kappa shape index (κ3) is 4.44. The highest BCUT2D eigenvalue weighted by Gasteiger charge is 2.42. The van der Waals surface area contributed by atoms with E-state index in [-0.39, 0.29) is 23.8 Å². The number of benzene rings is 1. The van der Waals surface area contributed by atoms with Gasteiger partial charge in [-0.2, -0.15) is 5.10 Å². The van der Waals surface area contributed by atoms with Crippen molar-refractivity contribution in [3.8, 4) is 11.5 Å². The van der Waals surface area contributed by atoms with Crippen molar-refractivity contribution in [1.82, 2.24) is 14.9 Å². The van der Waals surface area contributed by atoms with Gasteiger partial charge in [0.2, 0.25) is 5.91 Å². The molecule has 2 aromatic rings. The highest BCUT2D eigenvalue weighted by Crippen LogP contribution is 2.38. The minimum absolute atomic E-state index is 0.0565. The topological polar surface area (TPSA) is 67.3 Å². The van der Waals surface area contributed by atoms with Crippen LogP contribution in [0.2, 0.25) is 0 Å². The number of pyridine rings is 1. The van der Waals surface area contributed by atoms with Crippen molar-refractivity contribution in [3.63, 3.8) is 0 Å². The summed E-state index contributed by atoms with van der Waals surface area (Å²) in [5.41, 5.74) is 3.20. The predicted molar refractivity (Wildman–Crippen MR) is 131 cm³/mol. The van der Waals surface area contributed by atoms with Crippen LogP contribution in [0.5, 0.6) is 11.5 Å². The van der Waals surface area contributed by atoms with Gasteiger partial charge in [0.05, 0.1) is 31.9 Å². The summed E-state index contributed by atoms with van der Waals surface area (Å²) in [6.07, 6.45) is 11.5. The number of piperidine rings is 1. The van der Waals surface area contributed by atoms with Crippen molar-refractivity contribution < 1.29 is 14.3 Å². The van der Waals surface area contributed by atoms with E-state index in [9.17, 15) is 4.79 Å². The molecule has 1 saturated heterocycles. The number of hydrazone groups is 1. The maximum absolute atomic E-state index is 13.6. The zero-order valence-corrected chi connectivity index (χ0v) is 19.9. The summed E-state index contributed by atoms with van der Waals surface area (Å²) < 4.78 is 11.0. The maximum atomic E-state index is 13.6. The van der Waals surface area contributed by atoms with E-state index in [0.29, 0.717) is 11.5 Å². The van der Waals surface area contributed by atoms with Gasteiger partial charge in [0.15, 0.2) is 11.5 Å². The number of nitrogens with zero attached hydrogens (tertiary/aromatic N) is 4. The van der Waals surface area contributed by atoms with Gasteiger partial charge in [0, 0.05) is 43.5 Å². The Morgan fingerprint density at radius 2 is 1.76 bits per heavy atom. The molecule has 3 aliphatic rings. The normalized spacial score (nSPS) is 23.4. The van der Waals surface area contributed by atoms with Crippen LogP contribution in [0, 0.1) is 11.8 Å². The predicted octanol–water partition coefficient (Wildman–Crippen LogP) is 3.89. The van der Waals surface area contributed by atoms with Gasteiger partial charge in [0.1, 0.15) is 0 Å². The Balaban J connectivity index is 1.38. The molecular formula is C27H32N4O3. The molecule has 1 aliphatic carbocycles. The lowest BCUT2D eigenvalue weighted by Crippen LogP contribution is -2.52. The molecule has 3 heterocycles. The fourth-order valence-corrected chi connectivity index (χ4v) is 5.40. The molecule has 34 heavy (non-hydrogen) atoms. The Hall–Kier alpha value is -3.19. The third-order valence-corrected chi connectivity index (χ3v) is 7.25. The van der Waals surface area contributed by atoms with Crippen molar-refractivity contribution in [2.24, 2.45) is 16.9 Å². The van der Waals surface area contributed by atoms with Crippen LogP contribution in [0.4, 0.5) is 0 Å². The van der Waals surface area contributed by atoms with Crippen LogP contribution in [0.25, 0.3) is 0 Å². The number of hydrogen-bond donors (Lipinski definition) is 0. The second-order valence-corrected chi connectivity index (χ2v) is 9.26. The molecule has 0 bridgehead atoms. The van der Waals surface area contributed by atoms with Gasteiger partial charge in [-0.1, -0.05) is 18.2 Å². The molecule has 1 aromatic heterocycles. The summed E-state index contributed by atoms with van der Waals surface area (Å²) in [6, 6.07) is 10.1. The molecule has 7 heteroatoms. The number of hydrogen-bond acceptors (Lipinski definition) is 6. The molecule has 7 nitrogen and oxygen atoms in total. The Kier molecular flexibility index (Phi) is 6.63. The lowest BCUT2D eigenvalue weighted by atomic mass is 9.76. The largest absolute Gasteiger partial charge is 0.493 e. The number of rotatable bonds is 6. The van der Waals surface area contributed by atoms with Crippen molar-refractivity contribution in [1.29, 1.82) is 0 Å². The SMILES string of the molecule is COc1ccc(C2=NN(C3CCN(Cc4cccnc4)CC3)C(=O)[C@@H]3CC=CC[C@H]23)cc1OC. The van der Waals surface area contributed by atoms with Crippen molar-refractivity contribution in [2.75, 3.05) is 27.3 Å². The van der Waals surface area contributed by atoms with Crippen molar-refractivity contribution in [2.45, 2.75) is 38.3 Å². The number of fused-ring (bicyclic) bond motifs is 1. The number of likely N-dealkylation sites (tertiary alicyclic amines) is 1. The number of carbonyl (C=O) groups is 1. The minimum Gasteiger partial charge on any atom is -0.493 e. The lowest BCUT2D eigenvalue weighted by molar-refractivity contribution is -0.141. The van der Waals surface area contributed by atoms with Gasteiger partial charge >= 0.3 is 0 Å². The van der Waals surface area contributed by atoms with Gasteiger partial charge < -0.3 is 9.47 Å². The van der Waals surface area contributed by atoms with Crippen LogP contribution in [-0.2, 0) is 11.3 Å². The van der Waals surface area contributed by atoms with E-state index < -0.39 is 0 Å². The van der Waals surface area contributed by atoms with Crippen LogP contribution in [0.15, 0.2) is 60.0 Å². The fourth-order valence-electron chi connectivity index (χ4n) is 5.40. The number of methoxy groups -OCH3 is 2. The summed E-state index contributed by atoms with van der Waals surface area (Å²) in [7, 11) is 3.28. The first-order chi connectivity index (χ1) is 16.7. The molecular weight excluding hydrogens is 428 g/mol. The second kappa shape index (κ2) is 9.97. The molecule has 0 radical (unpaired) electrons. The molecule has 0 saturated carbocycles. The van der Waals surface area contributed by atoms with Gasteiger partial charge in [0.25, 0.3) is 0 Å². The zero-order valence-electron chi connectivity index (χ0n) is 19.9. The number of ether oxygens (including phenoxy) is 2. The van der Waals surface area contributed by atoms with Gasteiger partial charge in [-0.15, -0.1) is 0 Å². The Morgan fingerprint density at radius 3 is 2.47 bits per heavy atom. The summed E-state index contributed by atoms with van der Waals surface area (Å²) >= 11 is 0. The first-order valence-corrected chi connectivity index (χ1v) is 12.1. The van der Waals surface area contributed by atoms with Crippen LogP contribution in [-0.4, -0.2) is 59.9 Å². The van der Waals surface area contributed by atoms with Crippen LogP contribution in [0.3, 0.4) is 0 Å². The van der Waals surface area contributed by atoms with E-state index in [0.717, 1.165) is 56.6 Å². The van der Waals surface area contributed by atoms with Gasteiger partial charge in [-0.05, 0) is 55.5 Å². The summed E-state index contributed by atoms with van der Waals surface area (Å²) in [5.74, 6) is 1.58. The molecule has 0 spiro atoms. The zero-order chi connectivity index (χ0) is 23.5. The maximum Gasteiger partial charge on any atom is 0.247 e. The summed E-state index contributed by atoms with van der Waals surface area (Å²) in [5, 5.41) is 6.84. The number of carbonyl (C=O) groups excluding carboxylic acids is 1. The smallest absolute Gasteiger partial charge is 0.247 e. The van der Waals surface area contributed by atoms with E-state index in [4.69, 9.17) is 14.6 Å². The average Bonchev–Trinajstić information content (AvgIpc) is 2.90. The standard InChI is InChI=1S/C27H32N4O3/c1-33-24-10-9-20(16-25(24)34-2)26-22-7-3-4-8-23(22)27(32)31(29-26)21-11-14-30(15-12-21)18-19-6-5-13-28-17-19/h3-6,9-10,13,16-17,21-23H,7-8,11-12,14-15,18H2,1-2H3/t22-,23+/m0/s1. The van der Waals surface area contributed by atoms with E-state index in [1.807, 2.05) is 35.5 Å². The molecule has 0 N–H and O–H groups in total. The van der Waals surface area contributed by atoms with Crippen molar-refractivity contribution >= 4 is 11.6 Å². The monoisotopic (exact) mass is 460 g/mol. The number of aromatic nitrogens is 1. The van der Waals surface area contributed by atoms with E-state index >= 15 is 0 Å². The van der Waals surface area contributed by atoms with Crippen molar-refractivity contribution in [3.05, 3.63) is 66.0 Å². The third-order valence-electron chi connectivity index (χ3n) is 7.25. The van der Waals surface area contributed by atoms with E-state index in [2.05, 4.69) is 28.1 Å². The molecule has 2 aliphatic heterocycles. The first-order valence-electron chi connectivity index (χ1n) is 12.1. The van der Waals surface area contributed by atoms with E-state index in [1.165, 1.54) is 5.56 Å². The molecule has 1 aromatic carbocycles. The molecule has 1 amide bonds. The molecule has 0 unspecified atom stereocenters. The number of allylic oxidation sites excluding steroid dienone is 2. The van der Waals surface area contributed by atoms with Gasteiger partial charge in [-0.25, -0.2) is 5.01 Å². The molecule has 178 valence electrons. The van der Waals surface area contributed by atoms with Gasteiger partial charge in [-0.3, -0.25) is 14.7 Å². The second-order valence-electron chi connectivity index (χ2n) is 9.26. The Bertz CT molecular complexity index is 1080. The van der Waals surface area contributed by atoms with Crippen LogP contribution >= 0.6 is 0 Å². The number of amides is 1. The molecule has 5 rings (SSSR count). The quantitative estimate of drug-likeness (QED) is 0.612. The summed E-state index contributed by atoms with van der Waals surface area (Å²) in [6.45, 7) is 2.78. The Morgan fingerprint density at radius 1 is 1.00 bits per heavy atom.